The molecular formula is C16H15N6NaO5S3. The SMILES string of the molecule is Nc1nc(/C(=N/O)C(=O)NC2C(=O)N3C(C([O-])=S)=C(C/C=C\C=N\O)CS[C@H]23)cs1.[Na+]. The number of hydrogen-bond donors (Lipinski definition) is 4. The van der Waals surface area contributed by atoms with Crippen molar-refractivity contribution < 1.29 is 54.7 Å². The van der Waals surface area contributed by atoms with Crippen LogP contribution in [0.25, 0.3) is 0 Å². The molecule has 2 atom stereocenters. The number of β-lactam (4-membered cyclic amide) rings is 1. The average Bonchev–Trinajstić information content (AvgIpc) is 3.15. The van der Waals surface area contributed by atoms with Crippen molar-refractivity contribution in [2.24, 2.45) is 10.3 Å². The van der Waals surface area contributed by atoms with Crippen LogP contribution in [0.4, 0.5) is 5.13 Å². The number of thioether (sulfide) groups is 1. The van der Waals surface area contributed by atoms with Crippen molar-refractivity contribution in [1.82, 2.24) is 15.2 Å². The smallest absolute Gasteiger partial charge is 0.863 e. The van der Waals surface area contributed by atoms with E-state index in [0.29, 0.717) is 17.7 Å². The number of amides is 2. The van der Waals surface area contributed by atoms with Gasteiger partial charge in [-0.15, -0.1) is 23.1 Å². The number of anilines is 1. The first-order chi connectivity index (χ1) is 14.4. The van der Waals surface area contributed by atoms with E-state index >= 15 is 0 Å². The van der Waals surface area contributed by atoms with Gasteiger partial charge in [0.15, 0.2) is 10.8 Å². The van der Waals surface area contributed by atoms with E-state index in [4.69, 9.17) is 23.2 Å². The molecule has 3 rings (SSSR count). The second-order valence-corrected chi connectivity index (χ2v) is 8.38. The van der Waals surface area contributed by atoms with E-state index in [1.54, 1.807) is 6.08 Å². The molecule has 2 amide bonds. The number of oxime groups is 2. The second-order valence-electron chi connectivity index (χ2n) is 6.02. The molecule has 0 saturated carbocycles. The van der Waals surface area contributed by atoms with Gasteiger partial charge in [0.25, 0.3) is 11.8 Å². The molecule has 5 N–H and O–H groups in total. The van der Waals surface area contributed by atoms with E-state index in [1.165, 1.54) is 34.3 Å². The molecule has 0 spiro atoms. The molecule has 3 heterocycles. The van der Waals surface area contributed by atoms with Gasteiger partial charge in [-0.25, -0.2) is 4.98 Å². The van der Waals surface area contributed by atoms with Crippen molar-refractivity contribution in [3.63, 3.8) is 0 Å². The molecular weight excluding hydrogens is 475 g/mol. The summed E-state index contributed by atoms with van der Waals surface area (Å²) in [5.41, 5.74) is 6.02. The van der Waals surface area contributed by atoms with Gasteiger partial charge in [-0.2, -0.15) is 0 Å². The van der Waals surface area contributed by atoms with Crippen LogP contribution in [0.5, 0.6) is 0 Å². The number of nitrogen functional groups attached to an aromatic ring is 1. The molecule has 0 radical (unpaired) electrons. The van der Waals surface area contributed by atoms with Crippen LogP contribution in [-0.4, -0.2) is 66.3 Å². The first kappa shape index (κ1) is 25.3. The van der Waals surface area contributed by atoms with Gasteiger partial charge in [0.2, 0.25) is 0 Å². The summed E-state index contributed by atoms with van der Waals surface area (Å²) in [7, 11) is 0. The zero-order valence-electron chi connectivity index (χ0n) is 16.1. The second kappa shape index (κ2) is 11.1. The zero-order chi connectivity index (χ0) is 21.8. The Labute approximate surface area is 212 Å². The molecule has 31 heavy (non-hydrogen) atoms. The Morgan fingerprint density at radius 2 is 2.26 bits per heavy atom. The third-order valence-corrected chi connectivity index (χ3v) is 6.47. The number of thiazole rings is 1. The molecule has 1 aromatic heterocycles. The molecule has 1 fully saturated rings. The maximum absolute atomic E-state index is 12.7. The number of carbonyl (C=O) groups is 2. The van der Waals surface area contributed by atoms with Crippen molar-refractivity contribution in [2.75, 3.05) is 11.5 Å². The first-order valence-electron chi connectivity index (χ1n) is 8.34. The maximum Gasteiger partial charge on any atom is 1.00 e. The van der Waals surface area contributed by atoms with E-state index in [2.05, 4.69) is 20.6 Å². The number of fused-ring (bicyclic) bond motifs is 1. The number of allylic oxidation sites excluding steroid dienone is 2. The Kier molecular flexibility index (Phi) is 9.02. The van der Waals surface area contributed by atoms with Gasteiger partial charge in [-0.05, 0) is 23.1 Å². The Balaban J connectivity index is 0.00000341. The largest absolute Gasteiger partial charge is 1.00 e. The molecule has 0 bridgehead atoms. The number of rotatable bonds is 7. The minimum atomic E-state index is -0.918. The Morgan fingerprint density at radius 1 is 1.52 bits per heavy atom. The van der Waals surface area contributed by atoms with Crippen molar-refractivity contribution >= 4 is 69.2 Å². The number of aromatic nitrogens is 1. The van der Waals surface area contributed by atoms with Gasteiger partial charge in [0, 0.05) is 16.8 Å². The fourth-order valence-corrected chi connectivity index (χ4v) is 5.11. The molecule has 1 aromatic rings. The summed E-state index contributed by atoms with van der Waals surface area (Å²) < 4.78 is 0. The van der Waals surface area contributed by atoms with Gasteiger partial charge in [0.05, 0.1) is 6.21 Å². The third kappa shape index (κ3) is 5.27. The van der Waals surface area contributed by atoms with E-state index in [0.717, 1.165) is 11.3 Å². The summed E-state index contributed by atoms with van der Waals surface area (Å²) in [6.45, 7) is 0. The number of hydrogen-bond acceptors (Lipinski definition) is 12. The van der Waals surface area contributed by atoms with E-state index in [-0.39, 0.29) is 51.8 Å². The molecule has 0 aromatic carbocycles. The number of nitrogens with one attached hydrogen (secondary N) is 1. The predicted octanol–water partition coefficient (Wildman–Crippen LogP) is -3.34. The fraction of sp³-hybridized carbons (Fsp3) is 0.250. The van der Waals surface area contributed by atoms with Crippen LogP contribution in [0, 0.1) is 0 Å². The van der Waals surface area contributed by atoms with Crippen LogP contribution < -0.4 is 45.7 Å². The minimum absolute atomic E-state index is 0. The molecule has 0 aliphatic carbocycles. The molecule has 158 valence electrons. The van der Waals surface area contributed by atoms with Gasteiger partial charge in [-0.3, -0.25) is 14.5 Å². The monoisotopic (exact) mass is 490 g/mol. The molecule has 15 heteroatoms. The van der Waals surface area contributed by atoms with E-state index in [1.807, 2.05) is 0 Å². The van der Waals surface area contributed by atoms with Crippen LogP contribution in [0.3, 0.4) is 0 Å². The topological polar surface area (TPSA) is 177 Å². The molecule has 1 saturated heterocycles. The normalized spacial score (nSPS) is 21.1. The standard InChI is InChI=1S/C16H16N6O5S3.Na/c17-16-19-8(6-30-16)9(21-27)12(23)20-10-13(24)22-11(15(25)28)7(5-29-14(10)22)3-1-2-4-18-26;/h1-2,4,6,10,14,26-27H,3,5H2,(H2,17,19)(H,20,23)(H,25,28);/q;+1/p-1/b2-1-,18-4+,21-9-;/t10?,14-;/m1./s1. The number of thiocarbonyl (C=S) groups is 1. The summed E-state index contributed by atoms with van der Waals surface area (Å²) >= 11 is 7.23. The fourth-order valence-electron chi connectivity index (χ4n) is 2.96. The Bertz CT molecular complexity index is 1010. The minimum Gasteiger partial charge on any atom is -0.863 e. The van der Waals surface area contributed by atoms with Crippen LogP contribution in [0.1, 0.15) is 12.1 Å². The Hall–Kier alpha value is -1.97. The van der Waals surface area contributed by atoms with Crippen LogP contribution >= 0.6 is 35.3 Å². The predicted molar refractivity (Wildman–Crippen MR) is 114 cm³/mol. The van der Waals surface area contributed by atoms with Crippen molar-refractivity contribution in [2.45, 2.75) is 17.8 Å². The van der Waals surface area contributed by atoms with Crippen molar-refractivity contribution in [3.05, 3.63) is 34.5 Å². The van der Waals surface area contributed by atoms with Crippen LogP contribution in [0.2, 0.25) is 0 Å². The summed E-state index contributed by atoms with van der Waals surface area (Å²) in [6, 6.07) is -0.918. The quantitative estimate of drug-likeness (QED) is 0.0760. The van der Waals surface area contributed by atoms with Gasteiger partial charge in [0.1, 0.15) is 17.1 Å². The number of nitrogens with zero attached hydrogens (tertiary/aromatic N) is 4. The summed E-state index contributed by atoms with van der Waals surface area (Å²) in [6.07, 6.45) is 4.68. The van der Waals surface area contributed by atoms with E-state index in [9.17, 15) is 19.9 Å². The van der Waals surface area contributed by atoms with Crippen molar-refractivity contribution in [1.29, 1.82) is 0 Å². The van der Waals surface area contributed by atoms with Gasteiger partial charge >= 0.3 is 29.6 Å². The van der Waals surface area contributed by atoms with Gasteiger partial charge < -0.3 is 26.6 Å². The van der Waals surface area contributed by atoms with E-state index < -0.39 is 28.3 Å². The first-order valence-corrected chi connectivity index (χ1v) is 10.7. The van der Waals surface area contributed by atoms with Crippen LogP contribution in [-0.2, 0) is 9.59 Å². The number of carbonyl (C=O) groups excluding carboxylic acids is 2. The molecule has 2 aliphatic rings. The Morgan fingerprint density at radius 3 is 2.84 bits per heavy atom. The molecule has 2 aliphatic heterocycles. The third-order valence-electron chi connectivity index (χ3n) is 4.26. The molecule has 11 nitrogen and oxygen atoms in total. The average molecular weight is 491 g/mol. The summed E-state index contributed by atoms with van der Waals surface area (Å²) in [5.74, 6) is -0.876. The van der Waals surface area contributed by atoms with Crippen molar-refractivity contribution in [3.8, 4) is 0 Å². The summed E-state index contributed by atoms with van der Waals surface area (Å²) in [5, 5.41) is 38.4. The maximum atomic E-state index is 12.7. The van der Waals surface area contributed by atoms with Gasteiger partial charge in [-0.1, -0.05) is 28.6 Å². The molecule has 1 unspecified atom stereocenters. The van der Waals surface area contributed by atoms with Crippen LogP contribution in [0.15, 0.2) is 39.1 Å². The summed E-state index contributed by atoms with van der Waals surface area (Å²) in [4.78, 5) is 30.3. The zero-order valence-corrected chi connectivity index (χ0v) is 20.5. The number of nitrogens with two attached hydrogens (primary N) is 1.